The lowest BCUT2D eigenvalue weighted by Crippen LogP contribution is -2.55. The quantitative estimate of drug-likeness (QED) is 0.781. The molecule has 0 radical (unpaired) electrons. The lowest BCUT2D eigenvalue weighted by Gasteiger charge is -2.45. The molecule has 4 rings (SSSR count). The van der Waals surface area contributed by atoms with Gasteiger partial charge in [-0.15, -0.1) is 0 Å². The minimum Gasteiger partial charge on any atom is -0.490 e. The lowest BCUT2D eigenvalue weighted by molar-refractivity contribution is 0.0923. The highest BCUT2D eigenvalue weighted by molar-refractivity contribution is 6.34. The Kier molecular flexibility index (Phi) is 4.32. The van der Waals surface area contributed by atoms with Crippen molar-refractivity contribution in [1.82, 2.24) is 5.32 Å². The van der Waals surface area contributed by atoms with Gasteiger partial charge >= 0.3 is 6.03 Å². The van der Waals surface area contributed by atoms with Gasteiger partial charge in [0.05, 0.1) is 16.2 Å². The predicted molar refractivity (Wildman–Crippen MR) is 100.0 cm³/mol. The van der Waals surface area contributed by atoms with Gasteiger partial charge in [0.2, 0.25) is 0 Å². The topological polar surface area (TPSA) is 67.4 Å². The molecule has 1 fully saturated rings. The fourth-order valence-corrected chi connectivity index (χ4v) is 4.20. The lowest BCUT2D eigenvalue weighted by atomic mass is 9.74. The standard InChI is InChI=1S/C20H19ClN2O3/c21-17-5-1-4-16-18(17)22-19(25)23-20(16)10-2-3-15(11-20)26-14-8-6-13(12-24)7-9-14/h1,4-9,12,15H,2-3,10-11H2,(H2,22,23,25). The van der Waals surface area contributed by atoms with Crippen LogP contribution in [0.15, 0.2) is 42.5 Å². The monoisotopic (exact) mass is 370 g/mol. The van der Waals surface area contributed by atoms with Gasteiger partial charge in [-0.3, -0.25) is 4.79 Å². The highest BCUT2D eigenvalue weighted by Gasteiger charge is 2.44. The molecule has 1 saturated carbocycles. The number of urea groups is 1. The van der Waals surface area contributed by atoms with Crippen molar-refractivity contribution in [1.29, 1.82) is 0 Å². The summed E-state index contributed by atoms with van der Waals surface area (Å²) in [4.78, 5) is 23.0. The Labute approximate surface area is 156 Å². The summed E-state index contributed by atoms with van der Waals surface area (Å²) in [6.45, 7) is 0. The van der Waals surface area contributed by atoms with Crippen LogP contribution in [0, 0.1) is 0 Å². The first-order valence-electron chi connectivity index (χ1n) is 8.70. The minimum atomic E-state index is -0.478. The third-order valence-electron chi connectivity index (χ3n) is 5.15. The molecule has 2 N–H and O–H groups in total. The van der Waals surface area contributed by atoms with Crippen molar-refractivity contribution < 1.29 is 14.3 Å². The molecule has 2 aromatic rings. The van der Waals surface area contributed by atoms with Crippen molar-refractivity contribution >= 4 is 29.6 Å². The summed E-state index contributed by atoms with van der Waals surface area (Å²) in [5.74, 6) is 0.726. The number of anilines is 1. The minimum absolute atomic E-state index is 0.0314. The van der Waals surface area contributed by atoms with Gasteiger partial charge in [0.25, 0.3) is 0 Å². The largest absolute Gasteiger partial charge is 0.490 e. The molecule has 2 aromatic carbocycles. The molecular weight excluding hydrogens is 352 g/mol. The van der Waals surface area contributed by atoms with Gasteiger partial charge < -0.3 is 15.4 Å². The van der Waals surface area contributed by atoms with Gasteiger partial charge in [0.1, 0.15) is 18.1 Å². The first-order chi connectivity index (χ1) is 12.6. The third kappa shape index (κ3) is 3.03. The van der Waals surface area contributed by atoms with Crippen LogP contribution in [0.25, 0.3) is 0 Å². The molecule has 2 atom stereocenters. The second-order valence-electron chi connectivity index (χ2n) is 6.85. The van der Waals surface area contributed by atoms with E-state index >= 15 is 0 Å². The molecule has 2 aliphatic rings. The van der Waals surface area contributed by atoms with Crippen LogP contribution in [-0.4, -0.2) is 18.4 Å². The van der Waals surface area contributed by atoms with Crippen molar-refractivity contribution in [3.63, 3.8) is 0 Å². The van der Waals surface area contributed by atoms with Crippen molar-refractivity contribution in [2.24, 2.45) is 0 Å². The summed E-state index contributed by atoms with van der Waals surface area (Å²) in [6.07, 6.45) is 4.14. The number of nitrogens with one attached hydrogen (secondary N) is 2. The van der Waals surface area contributed by atoms with Gasteiger partial charge in [-0.1, -0.05) is 23.7 Å². The van der Waals surface area contributed by atoms with Gasteiger partial charge in [0.15, 0.2) is 0 Å². The van der Waals surface area contributed by atoms with E-state index < -0.39 is 5.54 Å². The molecular formula is C20H19ClN2O3. The van der Waals surface area contributed by atoms with E-state index in [1.54, 1.807) is 30.3 Å². The predicted octanol–water partition coefficient (Wildman–Crippen LogP) is 4.50. The van der Waals surface area contributed by atoms with Crippen LogP contribution < -0.4 is 15.4 Å². The molecule has 0 bridgehead atoms. The molecule has 2 amide bonds. The van der Waals surface area contributed by atoms with E-state index in [-0.39, 0.29) is 12.1 Å². The number of amides is 2. The Bertz CT molecular complexity index is 853. The number of hydrogen-bond donors (Lipinski definition) is 2. The Morgan fingerprint density at radius 2 is 2.00 bits per heavy atom. The average molecular weight is 371 g/mol. The van der Waals surface area contributed by atoms with E-state index in [9.17, 15) is 9.59 Å². The molecule has 1 spiro atoms. The zero-order valence-electron chi connectivity index (χ0n) is 14.1. The van der Waals surface area contributed by atoms with E-state index in [2.05, 4.69) is 10.6 Å². The number of aldehydes is 1. The van der Waals surface area contributed by atoms with Crippen molar-refractivity contribution in [3.05, 3.63) is 58.6 Å². The maximum absolute atomic E-state index is 12.2. The smallest absolute Gasteiger partial charge is 0.319 e. The van der Waals surface area contributed by atoms with Gasteiger partial charge in [-0.2, -0.15) is 0 Å². The number of fused-ring (bicyclic) bond motifs is 2. The van der Waals surface area contributed by atoms with Gasteiger partial charge in [0, 0.05) is 17.5 Å². The first-order valence-corrected chi connectivity index (χ1v) is 9.07. The Morgan fingerprint density at radius 1 is 1.19 bits per heavy atom. The second-order valence-corrected chi connectivity index (χ2v) is 7.25. The average Bonchev–Trinajstić information content (AvgIpc) is 2.63. The molecule has 0 aromatic heterocycles. The van der Waals surface area contributed by atoms with Gasteiger partial charge in [-0.25, -0.2) is 4.79 Å². The number of carbonyl (C=O) groups excluding carboxylic acids is 2. The number of carbonyl (C=O) groups is 2. The van der Waals surface area contributed by atoms with E-state index in [4.69, 9.17) is 16.3 Å². The molecule has 1 aliphatic heterocycles. The van der Waals surface area contributed by atoms with E-state index in [0.717, 1.165) is 36.9 Å². The zero-order chi connectivity index (χ0) is 18.1. The van der Waals surface area contributed by atoms with Crippen molar-refractivity contribution in [2.75, 3.05) is 5.32 Å². The van der Waals surface area contributed by atoms with Crippen LogP contribution in [0.5, 0.6) is 5.75 Å². The SMILES string of the molecule is O=Cc1ccc(OC2CCCC3(C2)NC(=O)Nc2c(Cl)cccc23)cc1. The highest BCUT2D eigenvalue weighted by atomic mass is 35.5. The second kappa shape index (κ2) is 6.65. The third-order valence-corrected chi connectivity index (χ3v) is 5.46. The van der Waals surface area contributed by atoms with Crippen LogP contribution in [0.2, 0.25) is 5.02 Å². The number of para-hydroxylation sites is 1. The number of benzene rings is 2. The number of ether oxygens (including phenoxy) is 1. The maximum atomic E-state index is 12.2. The van der Waals surface area contributed by atoms with Crippen LogP contribution >= 0.6 is 11.6 Å². The Balaban J connectivity index is 1.61. The number of hydrogen-bond acceptors (Lipinski definition) is 3. The van der Waals surface area contributed by atoms with Crippen LogP contribution in [-0.2, 0) is 5.54 Å². The van der Waals surface area contributed by atoms with E-state index in [1.807, 2.05) is 12.1 Å². The fraction of sp³-hybridized carbons (Fsp3) is 0.300. The molecule has 5 nitrogen and oxygen atoms in total. The Hall–Kier alpha value is -2.53. The zero-order valence-corrected chi connectivity index (χ0v) is 14.9. The summed E-state index contributed by atoms with van der Waals surface area (Å²) in [6, 6.07) is 12.5. The number of halogens is 1. The Morgan fingerprint density at radius 3 is 2.77 bits per heavy atom. The van der Waals surface area contributed by atoms with Crippen molar-refractivity contribution in [2.45, 2.75) is 37.3 Å². The fourth-order valence-electron chi connectivity index (χ4n) is 3.98. The number of rotatable bonds is 3. The summed E-state index contributed by atoms with van der Waals surface area (Å²) < 4.78 is 6.14. The molecule has 1 aliphatic carbocycles. The van der Waals surface area contributed by atoms with Crippen LogP contribution in [0.1, 0.15) is 41.6 Å². The van der Waals surface area contributed by atoms with Crippen LogP contribution in [0.3, 0.4) is 0 Å². The van der Waals surface area contributed by atoms with E-state index in [1.165, 1.54) is 0 Å². The van der Waals surface area contributed by atoms with Crippen molar-refractivity contribution in [3.8, 4) is 5.75 Å². The summed E-state index contributed by atoms with van der Waals surface area (Å²) in [5.41, 5.74) is 1.84. The first kappa shape index (κ1) is 16.9. The van der Waals surface area contributed by atoms with E-state index in [0.29, 0.717) is 22.7 Å². The summed E-state index contributed by atoms with van der Waals surface area (Å²) >= 11 is 6.30. The highest BCUT2D eigenvalue weighted by Crippen LogP contribution is 2.45. The summed E-state index contributed by atoms with van der Waals surface area (Å²) in [5, 5.41) is 6.48. The molecule has 26 heavy (non-hydrogen) atoms. The molecule has 6 heteroatoms. The molecule has 134 valence electrons. The normalized spacial score (nSPS) is 24.3. The molecule has 2 unspecified atom stereocenters. The summed E-state index contributed by atoms with van der Waals surface area (Å²) in [7, 11) is 0. The molecule has 0 saturated heterocycles. The van der Waals surface area contributed by atoms with Gasteiger partial charge in [-0.05, 0) is 49.6 Å². The maximum Gasteiger partial charge on any atom is 0.319 e. The van der Waals surface area contributed by atoms with Crippen LogP contribution in [0.4, 0.5) is 10.5 Å². The molecule has 1 heterocycles.